The number of carbonyl (C=O) groups excluding carboxylic acids is 1. The van der Waals surface area contributed by atoms with E-state index in [1.807, 2.05) is 6.92 Å². The second kappa shape index (κ2) is 24.6. The minimum atomic E-state index is -3.78. The average molecular weight is 639 g/mol. The molecule has 0 spiro atoms. The topological polar surface area (TPSA) is 144 Å². The van der Waals surface area contributed by atoms with Crippen molar-refractivity contribution in [2.75, 3.05) is 112 Å². The molecule has 43 heavy (non-hydrogen) atoms. The molecule has 0 aromatic heterocycles. The molecule has 0 atom stereocenters. The van der Waals surface area contributed by atoms with E-state index in [9.17, 15) is 13.2 Å². The Balaban J connectivity index is 1.73. The molecule has 13 nitrogen and oxygen atoms in total. The summed E-state index contributed by atoms with van der Waals surface area (Å²) in [6.07, 6.45) is 0. The molecule has 0 aliphatic heterocycles. The maximum absolute atomic E-state index is 12.1. The van der Waals surface area contributed by atoms with E-state index in [1.165, 1.54) is 12.1 Å². The van der Waals surface area contributed by atoms with Crippen LogP contribution < -0.4 is 0 Å². The van der Waals surface area contributed by atoms with Crippen LogP contribution in [0.4, 0.5) is 0 Å². The summed E-state index contributed by atoms with van der Waals surface area (Å²) in [4.78, 5) is 11.6. The van der Waals surface area contributed by atoms with Gasteiger partial charge in [0.15, 0.2) is 0 Å². The molecule has 0 fully saturated rings. The van der Waals surface area contributed by atoms with Crippen molar-refractivity contribution in [3.63, 3.8) is 0 Å². The molecule has 1 rings (SSSR count). The van der Waals surface area contributed by atoms with E-state index in [2.05, 4.69) is 0 Å². The molecule has 0 aliphatic rings. The van der Waals surface area contributed by atoms with Gasteiger partial charge in [-0.05, 0) is 39.8 Å². The summed E-state index contributed by atoms with van der Waals surface area (Å²) >= 11 is 0. The van der Waals surface area contributed by atoms with Crippen molar-refractivity contribution in [1.82, 2.24) is 0 Å². The molecular weight excluding hydrogens is 588 g/mol. The number of rotatable bonds is 28. The van der Waals surface area contributed by atoms with Crippen molar-refractivity contribution in [1.29, 1.82) is 0 Å². The lowest BCUT2D eigenvalue weighted by atomic mass is 10.2. The second-order valence-electron chi connectivity index (χ2n) is 10.0. The number of carbonyl (C=O) groups is 1. The molecule has 0 saturated carbocycles. The third kappa shape index (κ3) is 24.3. The molecule has 14 heteroatoms. The van der Waals surface area contributed by atoms with Crippen LogP contribution in [0.25, 0.3) is 0 Å². The van der Waals surface area contributed by atoms with Crippen LogP contribution in [0.3, 0.4) is 0 Å². The average Bonchev–Trinajstić information content (AvgIpc) is 2.94. The van der Waals surface area contributed by atoms with E-state index < -0.39 is 21.7 Å². The summed E-state index contributed by atoms with van der Waals surface area (Å²) in [5.74, 6) is -0.395. The fraction of sp³-hybridized carbons (Fsp3) is 0.759. The third-order valence-electron chi connectivity index (χ3n) is 5.02. The van der Waals surface area contributed by atoms with E-state index >= 15 is 0 Å². The normalized spacial score (nSPS) is 12.1. The Kier molecular flexibility index (Phi) is 22.5. The van der Waals surface area contributed by atoms with Crippen LogP contribution in [-0.2, 0) is 61.7 Å². The number of hydrogen-bond acceptors (Lipinski definition) is 13. The number of hydrogen-bond donors (Lipinski definition) is 0. The van der Waals surface area contributed by atoms with E-state index in [4.69, 9.17) is 46.8 Å². The molecular formula is C29H50O13S. The highest BCUT2D eigenvalue weighted by Gasteiger charge is 2.16. The molecule has 0 radical (unpaired) electrons. The van der Waals surface area contributed by atoms with Gasteiger partial charge in [0.25, 0.3) is 10.1 Å². The van der Waals surface area contributed by atoms with Crippen LogP contribution in [-0.4, -0.2) is 132 Å². The zero-order chi connectivity index (χ0) is 31.7. The van der Waals surface area contributed by atoms with E-state index in [0.29, 0.717) is 92.5 Å². The van der Waals surface area contributed by atoms with Gasteiger partial charge in [0.1, 0.15) is 12.2 Å². The van der Waals surface area contributed by atoms with Gasteiger partial charge in [-0.3, -0.25) is 4.18 Å². The maximum atomic E-state index is 12.1. The Morgan fingerprint density at radius 2 is 0.884 bits per heavy atom. The van der Waals surface area contributed by atoms with Gasteiger partial charge in [-0.25, -0.2) is 4.79 Å². The summed E-state index contributed by atoms with van der Waals surface area (Å²) < 4.78 is 77.2. The van der Waals surface area contributed by atoms with Crippen LogP contribution >= 0.6 is 0 Å². The third-order valence-corrected chi connectivity index (χ3v) is 6.35. The molecule has 0 bridgehead atoms. The summed E-state index contributed by atoms with van der Waals surface area (Å²) in [5, 5.41) is 0. The van der Waals surface area contributed by atoms with Gasteiger partial charge in [-0.1, -0.05) is 17.7 Å². The van der Waals surface area contributed by atoms with Gasteiger partial charge in [-0.2, -0.15) is 8.42 Å². The van der Waals surface area contributed by atoms with Crippen molar-refractivity contribution in [2.24, 2.45) is 0 Å². The largest absolute Gasteiger partial charge is 0.458 e. The van der Waals surface area contributed by atoms with Crippen LogP contribution in [0.1, 0.15) is 26.3 Å². The van der Waals surface area contributed by atoms with E-state index in [1.54, 1.807) is 32.9 Å². The highest BCUT2D eigenvalue weighted by Crippen LogP contribution is 2.13. The fourth-order valence-electron chi connectivity index (χ4n) is 3.04. The van der Waals surface area contributed by atoms with E-state index in [-0.39, 0.29) is 24.7 Å². The Hall–Kier alpha value is -1.72. The lowest BCUT2D eigenvalue weighted by molar-refractivity contribution is -0.160. The van der Waals surface area contributed by atoms with Crippen LogP contribution in [0.5, 0.6) is 0 Å². The van der Waals surface area contributed by atoms with Crippen molar-refractivity contribution < 1.29 is 60.0 Å². The Morgan fingerprint density at radius 1 is 0.558 bits per heavy atom. The fourth-order valence-corrected chi connectivity index (χ4v) is 3.93. The van der Waals surface area contributed by atoms with Crippen molar-refractivity contribution in [3.8, 4) is 0 Å². The first-order valence-corrected chi connectivity index (χ1v) is 15.8. The van der Waals surface area contributed by atoms with Gasteiger partial charge in [0, 0.05) is 0 Å². The first-order valence-electron chi connectivity index (χ1n) is 14.4. The highest BCUT2D eigenvalue weighted by atomic mass is 32.2. The SMILES string of the molecule is Cc1ccc(S(=O)(=O)OCCOCCOCCOCCOCCOCCOCCOCCOCC(=O)OC(C)(C)C)cc1. The predicted molar refractivity (Wildman–Crippen MR) is 157 cm³/mol. The monoisotopic (exact) mass is 638 g/mol. The lowest BCUT2D eigenvalue weighted by Gasteiger charge is -2.19. The van der Waals surface area contributed by atoms with Gasteiger partial charge in [0.2, 0.25) is 0 Å². The predicted octanol–water partition coefficient (Wildman–Crippen LogP) is 2.17. The van der Waals surface area contributed by atoms with Gasteiger partial charge < -0.3 is 42.6 Å². The molecule has 0 aliphatic carbocycles. The Bertz CT molecular complexity index is 917. The standard InChI is InChI=1S/C29H50O13S/c1-26-5-7-27(8-6-26)43(31,32)41-24-23-39-20-19-37-16-15-35-12-11-33-9-10-34-13-14-36-17-18-38-21-22-40-25-28(30)42-29(2,3)4/h5-8H,9-25H2,1-4H3. The van der Waals surface area contributed by atoms with E-state index in [0.717, 1.165) is 5.56 Å². The van der Waals surface area contributed by atoms with Crippen LogP contribution in [0.15, 0.2) is 29.2 Å². The van der Waals surface area contributed by atoms with Crippen molar-refractivity contribution >= 4 is 16.1 Å². The van der Waals surface area contributed by atoms with Gasteiger partial charge >= 0.3 is 5.97 Å². The Morgan fingerprint density at radius 3 is 1.23 bits per heavy atom. The maximum Gasteiger partial charge on any atom is 0.332 e. The van der Waals surface area contributed by atoms with Gasteiger partial charge in [-0.15, -0.1) is 0 Å². The summed E-state index contributed by atoms with van der Waals surface area (Å²) in [7, 11) is -3.78. The molecule has 0 saturated heterocycles. The first-order chi connectivity index (χ1) is 20.6. The van der Waals surface area contributed by atoms with Crippen molar-refractivity contribution in [2.45, 2.75) is 38.2 Å². The molecule has 0 amide bonds. The highest BCUT2D eigenvalue weighted by molar-refractivity contribution is 7.86. The molecule has 0 heterocycles. The summed E-state index contributed by atoms with van der Waals surface area (Å²) in [5.41, 5.74) is 0.454. The Labute approximate surface area is 256 Å². The zero-order valence-corrected chi connectivity index (χ0v) is 26.9. The summed E-state index contributed by atoms with van der Waals surface area (Å²) in [6.45, 7) is 13.1. The molecule has 0 unspecified atom stereocenters. The molecule has 1 aromatic carbocycles. The molecule has 250 valence electrons. The summed E-state index contributed by atoms with van der Waals surface area (Å²) in [6, 6.07) is 6.46. The minimum absolute atomic E-state index is 0.0635. The second-order valence-corrected chi connectivity index (χ2v) is 11.6. The number of benzene rings is 1. The molecule has 1 aromatic rings. The molecule has 0 N–H and O–H groups in total. The number of esters is 1. The number of ether oxygens (including phenoxy) is 9. The first kappa shape index (κ1) is 39.3. The van der Waals surface area contributed by atoms with Crippen molar-refractivity contribution in [3.05, 3.63) is 29.8 Å². The lowest BCUT2D eigenvalue weighted by Crippen LogP contribution is -2.27. The zero-order valence-electron chi connectivity index (χ0n) is 26.0. The quantitative estimate of drug-likeness (QED) is 0.0752. The number of aryl methyl sites for hydroxylation is 1. The van der Waals surface area contributed by atoms with Crippen LogP contribution in [0, 0.1) is 6.92 Å². The minimum Gasteiger partial charge on any atom is -0.458 e. The van der Waals surface area contributed by atoms with Gasteiger partial charge in [0.05, 0.1) is 111 Å². The smallest absolute Gasteiger partial charge is 0.332 e. The van der Waals surface area contributed by atoms with Crippen LogP contribution in [0.2, 0.25) is 0 Å².